The summed E-state index contributed by atoms with van der Waals surface area (Å²) in [6.07, 6.45) is 0. The second-order valence-corrected chi connectivity index (χ2v) is 12.3. The minimum absolute atomic E-state index is 0.686. The van der Waals surface area contributed by atoms with E-state index in [9.17, 15) is 5.26 Å². The van der Waals surface area contributed by atoms with Crippen LogP contribution in [0.1, 0.15) is 5.56 Å². The lowest BCUT2D eigenvalue weighted by Gasteiger charge is -2.19. The second kappa shape index (κ2) is 9.78. The summed E-state index contributed by atoms with van der Waals surface area (Å²) < 4.78 is 6.92. The van der Waals surface area contributed by atoms with Gasteiger partial charge in [-0.2, -0.15) is 5.26 Å². The van der Waals surface area contributed by atoms with Crippen LogP contribution in [0.25, 0.3) is 98.1 Å². The average Bonchev–Trinajstić information content (AvgIpc) is 3.51. The molecule has 0 aliphatic heterocycles. The van der Waals surface area contributed by atoms with Crippen molar-refractivity contribution in [2.75, 3.05) is 0 Å². The summed E-state index contributed by atoms with van der Waals surface area (Å²) in [5, 5.41) is 23.6. The number of hydrogen-bond acceptors (Lipinski definition) is 2. The molecule has 0 aliphatic rings. The quantitative estimate of drug-likeness (QED) is 0.186. The van der Waals surface area contributed by atoms with Crippen LogP contribution in [0.5, 0.6) is 0 Å². The molecular weight excluding hydrogens is 571 g/mol. The first-order valence-electron chi connectivity index (χ1n) is 15.9. The van der Waals surface area contributed by atoms with Crippen molar-refractivity contribution in [3.05, 3.63) is 157 Å². The smallest absolute Gasteiger partial charge is 0.143 e. The summed E-state index contributed by atoms with van der Waals surface area (Å²) in [7, 11) is 0. The van der Waals surface area contributed by atoms with Crippen LogP contribution in [-0.2, 0) is 0 Å². The van der Waals surface area contributed by atoms with E-state index in [0.717, 1.165) is 60.2 Å². The molecule has 0 atom stereocenters. The van der Waals surface area contributed by atoms with Crippen molar-refractivity contribution >= 4 is 75.8 Å². The molecule has 0 N–H and O–H groups in total. The molecule has 216 valence electrons. The van der Waals surface area contributed by atoms with Gasteiger partial charge in [0.05, 0.1) is 11.6 Å². The first-order valence-corrected chi connectivity index (χ1v) is 15.9. The van der Waals surface area contributed by atoms with Gasteiger partial charge in [0, 0.05) is 27.3 Å². The third kappa shape index (κ3) is 3.66. The zero-order valence-corrected chi connectivity index (χ0v) is 25.3. The third-order valence-corrected chi connectivity index (χ3v) is 9.85. The maximum Gasteiger partial charge on any atom is 0.143 e. The van der Waals surface area contributed by atoms with E-state index in [-0.39, 0.29) is 0 Å². The molecule has 0 fully saturated rings. The van der Waals surface area contributed by atoms with Crippen molar-refractivity contribution in [1.82, 2.24) is 0 Å². The summed E-state index contributed by atoms with van der Waals surface area (Å²) in [5.74, 6) is 0. The van der Waals surface area contributed by atoms with Gasteiger partial charge in [0.25, 0.3) is 0 Å². The lowest BCUT2D eigenvalue weighted by Crippen LogP contribution is -1.93. The van der Waals surface area contributed by atoms with Gasteiger partial charge >= 0.3 is 0 Å². The van der Waals surface area contributed by atoms with E-state index in [1.165, 1.54) is 37.9 Å². The Balaban J connectivity index is 1.39. The largest absolute Gasteiger partial charge is 0.455 e. The van der Waals surface area contributed by atoms with Crippen LogP contribution in [0.2, 0.25) is 0 Å². The molecule has 0 spiro atoms. The van der Waals surface area contributed by atoms with Crippen molar-refractivity contribution < 1.29 is 4.42 Å². The highest BCUT2D eigenvalue weighted by atomic mass is 16.3. The van der Waals surface area contributed by atoms with Crippen LogP contribution >= 0.6 is 0 Å². The Morgan fingerprint density at radius 2 is 0.915 bits per heavy atom. The van der Waals surface area contributed by atoms with Gasteiger partial charge in [-0.25, -0.2) is 0 Å². The van der Waals surface area contributed by atoms with Crippen LogP contribution < -0.4 is 0 Å². The number of nitriles is 1. The highest BCUT2D eigenvalue weighted by molar-refractivity contribution is 6.29. The van der Waals surface area contributed by atoms with Crippen LogP contribution in [0.4, 0.5) is 0 Å². The molecule has 0 aliphatic carbocycles. The first kappa shape index (κ1) is 25.9. The lowest BCUT2D eigenvalue weighted by molar-refractivity contribution is 0.671. The molecule has 1 aromatic heterocycles. The van der Waals surface area contributed by atoms with E-state index in [4.69, 9.17) is 4.42 Å². The van der Waals surface area contributed by atoms with Gasteiger partial charge < -0.3 is 4.42 Å². The van der Waals surface area contributed by atoms with Gasteiger partial charge in [0.2, 0.25) is 0 Å². The Morgan fingerprint density at radius 3 is 1.55 bits per heavy atom. The molecule has 0 radical (unpaired) electrons. The van der Waals surface area contributed by atoms with Crippen molar-refractivity contribution in [1.29, 1.82) is 5.26 Å². The predicted molar refractivity (Wildman–Crippen MR) is 197 cm³/mol. The Labute approximate surface area is 270 Å². The van der Waals surface area contributed by atoms with E-state index >= 15 is 0 Å². The van der Waals surface area contributed by atoms with Gasteiger partial charge in [0.1, 0.15) is 11.2 Å². The number of furan rings is 1. The summed E-state index contributed by atoms with van der Waals surface area (Å²) in [4.78, 5) is 0. The molecule has 0 unspecified atom stereocenters. The summed E-state index contributed by atoms with van der Waals surface area (Å²) in [6, 6.07) is 56.1. The standard InChI is InChI=1S/C45H25NO/c46-26-30-21-22-38(33-16-6-5-14-31(30)33)42-34-17-7-9-19-36(34)43(37-20-10-8-18-35(37)42)40-24-29-13-3-4-15-32(29)44-39-23-27-11-1-2-12-28(27)25-41(39)47-45(40)44/h1-25H. The number of rotatable bonds is 2. The third-order valence-electron chi connectivity index (χ3n) is 9.85. The number of fused-ring (bicyclic) bond motifs is 9. The normalized spacial score (nSPS) is 11.8. The fourth-order valence-corrected chi connectivity index (χ4v) is 7.82. The molecule has 0 saturated heterocycles. The first-order chi connectivity index (χ1) is 23.3. The van der Waals surface area contributed by atoms with E-state index in [2.05, 4.69) is 140 Å². The predicted octanol–water partition coefficient (Wildman–Crippen LogP) is 12.6. The molecule has 10 rings (SSSR count). The van der Waals surface area contributed by atoms with Gasteiger partial charge in [-0.1, -0.05) is 127 Å². The molecule has 2 nitrogen and oxygen atoms in total. The molecule has 1 heterocycles. The molecule has 47 heavy (non-hydrogen) atoms. The number of nitrogens with zero attached hydrogens (tertiary/aromatic N) is 1. The van der Waals surface area contributed by atoms with E-state index < -0.39 is 0 Å². The Hall–Kier alpha value is -6.43. The molecule has 0 bridgehead atoms. The molecule has 0 saturated carbocycles. The monoisotopic (exact) mass is 595 g/mol. The van der Waals surface area contributed by atoms with Crippen molar-refractivity contribution in [2.45, 2.75) is 0 Å². The van der Waals surface area contributed by atoms with E-state index in [0.29, 0.717) is 5.56 Å². The lowest BCUT2D eigenvalue weighted by atomic mass is 9.83. The van der Waals surface area contributed by atoms with Gasteiger partial charge in [-0.3, -0.25) is 0 Å². The highest BCUT2D eigenvalue weighted by Crippen LogP contribution is 2.49. The second-order valence-electron chi connectivity index (χ2n) is 12.3. The highest BCUT2D eigenvalue weighted by Gasteiger charge is 2.23. The molecular formula is C45H25NO. The van der Waals surface area contributed by atoms with E-state index in [1.807, 2.05) is 18.2 Å². The number of hydrogen-bond donors (Lipinski definition) is 0. The topological polar surface area (TPSA) is 36.9 Å². The fraction of sp³-hybridized carbons (Fsp3) is 0. The van der Waals surface area contributed by atoms with Gasteiger partial charge in [-0.05, 0) is 83.9 Å². The Morgan fingerprint density at radius 1 is 0.404 bits per heavy atom. The summed E-state index contributed by atoms with van der Waals surface area (Å²) >= 11 is 0. The summed E-state index contributed by atoms with van der Waals surface area (Å²) in [5.41, 5.74) is 7.03. The Kier molecular flexibility index (Phi) is 5.38. The summed E-state index contributed by atoms with van der Waals surface area (Å²) in [6.45, 7) is 0. The van der Waals surface area contributed by atoms with Crippen LogP contribution in [-0.4, -0.2) is 0 Å². The minimum Gasteiger partial charge on any atom is -0.455 e. The van der Waals surface area contributed by atoms with Crippen molar-refractivity contribution in [2.24, 2.45) is 0 Å². The van der Waals surface area contributed by atoms with Crippen LogP contribution in [0, 0.1) is 11.3 Å². The molecule has 2 heteroatoms. The average molecular weight is 596 g/mol. The van der Waals surface area contributed by atoms with Gasteiger partial charge in [-0.15, -0.1) is 0 Å². The molecule has 0 amide bonds. The van der Waals surface area contributed by atoms with Crippen molar-refractivity contribution in [3.63, 3.8) is 0 Å². The van der Waals surface area contributed by atoms with Crippen LogP contribution in [0.15, 0.2) is 156 Å². The molecule has 9 aromatic carbocycles. The van der Waals surface area contributed by atoms with E-state index in [1.54, 1.807) is 0 Å². The minimum atomic E-state index is 0.686. The maximum absolute atomic E-state index is 9.91. The zero-order valence-electron chi connectivity index (χ0n) is 25.3. The van der Waals surface area contributed by atoms with Gasteiger partial charge in [0.15, 0.2) is 0 Å². The maximum atomic E-state index is 9.91. The van der Waals surface area contributed by atoms with Crippen LogP contribution in [0.3, 0.4) is 0 Å². The van der Waals surface area contributed by atoms with Crippen molar-refractivity contribution in [3.8, 4) is 28.3 Å². The number of benzene rings is 9. The Bertz CT molecular complexity index is 2920. The molecule has 10 aromatic rings. The SMILES string of the molecule is N#Cc1ccc(-c2c3ccccc3c(-c3cc4ccccc4c4c3oc3cc5ccccc5cc34)c3ccccc23)c2ccccc12. The zero-order chi connectivity index (χ0) is 31.1. The fourth-order valence-electron chi connectivity index (χ4n) is 7.82.